The number of thiophene rings is 1. The molecule has 1 fully saturated rings. The first-order chi connectivity index (χ1) is 8.29. The maximum Gasteiger partial charge on any atom is 0.186 e. The van der Waals surface area contributed by atoms with Crippen molar-refractivity contribution in [3.05, 3.63) is 22.4 Å². The molecule has 0 aliphatic carbocycles. The molecule has 0 saturated carbocycles. The summed E-state index contributed by atoms with van der Waals surface area (Å²) in [6.07, 6.45) is 5.12. The lowest BCUT2D eigenvalue weighted by Gasteiger charge is -2.18. The number of hydrogen-bond donors (Lipinski definition) is 0. The van der Waals surface area contributed by atoms with E-state index in [1.807, 2.05) is 17.5 Å². The summed E-state index contributed by atoms with van der Waals surface area (Å²) in [7, 11) is 0. The van der Waals surface area contributed by atoms with Gasteiger partial charge >= 0.3 is 0 Å². The van der Waals surface area contributed by atoms with Gasteiger partial charge < -0.3 is 0 Å². The number of Topliss-reactive ketones (excluding diaryl/α,β-unsaturated/α-hetero) is 1. The standard InChI is InChI=1S/C14H21NOS/c1-2-12-5-3-8-15(9-7-12)11-13(16)14-6-4-10-17-14/h4,6,10,12H,2-3,5,7-9,11H2,1H3. The average molecular weight is 251 g/mol. The molecule has 1 atom stereocenters. The minimum absolute atomic E-state index is 0.287. The van der Waals surface area contributed by atoms with Crippen LogP contribution in [0.4, 0.5) is 0 Å². The van der Waals surface area contributed by atoms with Crippen molar-refractivity contribution >= 4 is 17.1 Å². The van der Waals surface area contributed by atoms with Crippen molar-refractivity contribution in [1.82, 2.24) is 4.90 Å². The van der Waals surface area contributed by atoms with E-state index >= 15 is 0 Å². The lowest BCUT2D eigenvalue weighted by molar-refractivity contribution is 0.0936. The summed E-state index contributed by atoms with van der Waals surface area (Å²) in [6, 6.07) is 3.88. The van der Waals surface area contributed by atoms with Crippen LogP contribution in [0.15, 0.2) is 17.5 Å². The molecule has 1 unspecified atom stereocenters. The second kappa shape index (κ2) is 6.31. The van der Waals surface area contributed by atoms with Crippen LogP contribution in [0.3, 0.4) is 0 Å². The molecule has 1 aliphatic heterocycles. The number of nitrogens with zero attached hydrogens (tertiary/aromatic N) is 1. The van der Waals surface area contributed by atoms with Crippen LogP contribution in [0.25, 0.3) is 0 Å². The Kier molecular flexibility index (Phi) is 4.75. The van der Waals surface area contributed by atoms with Gasteiger partial charge in [-0.05, 0) is 49.7 Å². The van der Waals surface area contributed by atoms with Crippen molar-refractivity contribution in [2.45, 2.75) is 32.6 Å². The molecular formula is C14H21NOS. The summed E-state index contributed by atoms with van der Waals surface area (Å²) in [5.41, 5.74) is 0. The first-order valence-electron chi connectivity index (χ1n) is 6.58. The summed E-state index contributed by atoms with van der Waals surface area (Å²) < 4.78 is 0. The zero-order valence-electron chi connectivity index (χ0n) is 10.5. The number of rotatable bonds is 4. The molecule has 3 heteroatoms. The number of carbonyl (C=O) groups is 1. The SMILES string of the molecule is CCC1CCCN(CC(=O)c2cccs2)CC1. The Hall–Kier alpha value is -0.670. The first kappa shape index (κ1) is 12.8. The normalized spacial score (nSPS) is 22.3. The van der Waals surface area contributed by atoms with Crippen molar-refractivity contribution in [2.24, 2.45) is 5.92 Å². The molecule has 17 heavy (non-hydrogen) atoms. The fourth-order valence-electron chi connectivity index (χ4n) is 2.51. The van der Waals surface area contributed by atoms with Crippen LogP contribution in [0.2, 0.25) is 0 Å². The van der Waals surface area contributed by atoms with Gasteiger partial charge in [-0.3, -0.25) is 9.69 Å². The van der Waals surface area contributed by atoms with Gasteiger partial charge in [-0.15, -0.1) is 11.3 Å². The summed E-state index contributed by atoms with van der Waals surface area (Å²) in [6.45, 7) is 5.07. The monoisotopic (exact) mass is 251 g/mol. The van der Waals surface area contributed by atoms with Crippen molar-refractivity contribution in [1.29, 1.82) is 0 Å². The van der Waals surface area contributed by atoms with Crippen LogP contribution in [0, 0.1) is 5.92 Å². The fraction of sp³-hybridized carbons (Fsp3) is 0.643. The third-order valence-corrected chi connectivity index (χ3v) is 4.59. The van der Waals surface area contributed by atoms with Gasteiger partial charge in [-0.1, -0.05) is 19.4 Å². The molecule has 2 rings (SSSR count). The Morgan fingerprint density at radius 3 is 3.06 bits per heavy atom. The van der Waals surface area contributed by atoms with Gasteiger partial charge in [0, 0.05) is 0 Å². The number of likely N-dealkylation sites (tertiary alicyclic amines) is 1. The van der Waals surface area contributed by atoms with E-state index in [0.717, 1.165) is 23.9 Å². The molecule has 2 heterocycles. The van der Waals surface area contributed by atoms with E-state index in [-0.39, 0.29) is 5.78 Å². The van der Waals surface area contributed by atoms with Gasteiger partial charge in [-0.25, -0.2) is 0 Å². The van der Waals surface area contributed by atoms with E-state index in [4.69, 9.17) is 0 Å². The Morgan fingerprint density at radius 2 is 2.35 bits per heavy atom. The molecule has 1 saturated heterocycles. The van der Waals surface area contributed by atoms with Crippen LogP contribution < -0.4 is 0 Å². The van der Waals surface area contributed by atoms with E-state index in [0.29, 0.717) is 6.54 Å². The third kappa shape index (κ3) is 3.65. The Bertz CT molecular complexity index is 347. The molecule has 0 bridgehead atoms. The zero-order chi connectivity index (χ0) is 12.1. The Labute approximate surface area is 108 Å². The second-order valence-corrected chi connectivity index (χ2v) is 5.83. The van der Waals surface area contributed by atoms with Crippen LogP contribution in [0.1, 0.15) is 42.3 Å². The van der Waals surface area contributed by atoms with Crippen molar-refractivity contribution < 1.29 is 4.79 Å². The first-order valence-corrected chi connectivity index (χ1v) is 7.46. The molecule has 0 N–H and O–H groups in total. The number of ketones is 1. The fourth-order valence-corrected chi connectivity index (χ4v) is 3.17. The van der Waals surface area contributed by atoms with Gasteiger partial charge in [0.2, 0.25) is 0 Å². The maximum atomic E-state index is 12.0. The average Bonchev–Trinajstić information content (AvgIpc) is 2.78. The van der Waals surface area contributed by atoms with Gasteiger partial charge in [0.25, 0.3) is 0 Å². The van der Waals surface area contributed by atoms with E-state index in [2.05, 4.69) is 11.8 Å². The highest BCUT2D eigenvalue weighted by Gasteiger charge is 2.18. The molecule has 1 aromatic rings. The number of carbonyl (C=O) groups excluding carboxylic acids is 1. The topological polar surface area (TPSA) is 20.3 Å². The largest absolute Gasteiger partial charge is 0.296 e. The molecular weight excluding hydrogens is 230 g/mol. The highest BCUT2D eigenvalue weighted by Crippen LogP contribution is 2.20. The highest BCUT2D eigenvalue weighted by atomic mass is 32.1. The molecule has 0 amide bonds. The predicted molar refractivity (Wildman–Crippen MR) is 72.7 cm³/mol. The second-order valence-electron chi connectivity index (χ2n) is 4.88. The minimum Gasteiger partial charge on any atom is -0.296 e. The lowest BCUT2D eigenvalue weighted by Crippen LogP contribution is -2.30. The lowest BCUT2D eigenvalue weighted by atomic mass is 9.98. The Balaban J connectivity index is 1.85. The molecule has 0 aromatic carbocycles. The van der Waals surface area contributed by atoms with Crippen molar-refractivity contribution in [2.75, 3.05) is 19.6 Å². The summed E-state index contributed by atoms with van der Waals surface area (Å²) in [5.74, 6) is 1.16. The van der Waals surface area contributed by atoms with Crippen LogP contribution >= 0.6 is 11.3 Å². The highest BCUT2D eigenvalue weighted by molar-refractivity contribution is 7.12. The Morgan fingerprint density at radius 1 is 1.47 bits per heavy atom. The van der Waals surface area contributed by atoms with Crippen molar-refractivity contribution in [3.63, 3.8) is 0 Å². The maximum absolute atomic E-state index is 12.0. The van der Waals surface area contributed by atoms with Gasteiger partial charge in [0.15, 0.2) is 5.78 Å². The molecule has 2 nitrogen and oxygen atoms in total. The van der Waals surface area contributed by atoms with E-state index in [1.54, 1.807) is 11.3 Å². The molecule has 1 aliphatic rings. The molecule has 94 valence electrons. The van der Waals surface area contributed by atoms with Crippen LogP contribution in [0.5, 0.6) is 0 Å². The van der Waals surface area contributed by atoms with Gasteiger partial charge in [-0.2, -0.15) is 0 Å². The summed E-state index contributed by atoms with van der Waals surface area (Å²) >= 11 is 1.55. The van der Waals surface area contributed by atoms with E-state index in [9.17, 15) is 4.79 Å². The van der Waals surface area contributed by atoms with E-state index in [1.165, 1.54) is 25.7 Å². The quantitative estimate of drug-likeness (QED) is 0.764. The van der Waals surface area contributed by atoms with Gasteiger partial charge in [0.1, 0.15) is 0 Å². The van der Waals surface area contributed by atoms with Crippen molar-refractivity contribution in [3.8, 4) is 0 Å². The van der Waals surface area contributed by atoms with Crippen LogP contribution in [-0.2, 0) is 0 Å². The number of hydrogen-bond acceptors (Lipinski definition) is 3. The molecule has 1 aromatic heterocycles. The van der Waals surface area contributed by atoms with E-state index < -0.39 is 0 Å². The molecule has 0 spiro atoms. The third-order valence-electron chi connectivity index (χ3n) is 3.68. The molecule has 0 radical (unpaired) electrons. The smallest absolute Gasteiger partial charge is 0.186 e. The summed E-state index contributed by atoms with van der Waals surface area (Å²) in [4.78, 5) is 15.2. The van der Waals surface area contributed by atoms with Gasteiger partial charge in [0.05, 0.1) is 11.4 Å². The summed E-state index contributed by atoms with van der Waals surface area (Å²) in [5, 5.41) is 1.97. The van der Waals surface area contributed by atoms with Crippen LogP contribution in [-0.4, -0.2) is 30.3 Å². The minimum atomic E-state index is 0.287. The predicted octanol–water partition coefficient (Wildman–Crippen LogP) is 3.44. The zero-order valence-corrected chi connectivity index (χ0v) is 11.3.